The summed E-state index contributed by atoms with van der Waals surface area (Å²) in [6.07, 6.45) is 20.2. The van der Waals surface area contributed by atoms with Crippen molar-refractivity contribution in [1.29, 1.82) is 0 Å². The number of anilines is 2. The van der Waals surface area contributed by atoms with E-state index in [-0.39, 0.29) is 87.6 Å². The summed E-state index contributed by atoms with van der Waals surface area (Å²) in [6, 6.07) is 0. The molecule has 1 saturated heterocycles. The SMILES string of the molecule is C.C=CCBr.C=CCn1c(Cl)nc2[nH]c(=O)[nH]c(=O)c21.C=CCn1cnc2[nH]c(=O)[nH]c(=O)c21.C=CCn1cnc2c1c(=O)[nH]c(=O)n2CCCCC.C=CCn1cnc2nc(N)[nH]c(=O)c21.CCCCCI.CCCCCn1c2c(c(=O)[nH]c1=O)CC(Cl)=N2.Nc1nc2c(ncn2[C@H]2O[C@@H](CO)[C@H](O)[C@@H]2O)c(=O)[nH]1.O=N[O-].[Na+]. The van der Waals surface area contributed by atoms with Crippen molar-refractivity contribution in [2.45, 2.75) is 156 Å². The molecule has 0 amide bonds. The number of hydrogen-bond donors (Lipinski definition) is 13. The van der Waals surface area contributed by atoms with Crippen LogP contribution in [-0.2, 0) is 50.4 Å². The van der Waals surface area contributed by atoms with E-state index in [2.05, 4.69) is 172 Å². The number of aryl methyl sites for hydroxylation is 1. The van der Waals surface area contributed by atoms with Gasteiger partial charge in [-0.1, -0.05) is 147 Å². The van der Waals surface area contributed by atoms with Gasteiger partial charge in [-0.2, -0.15) is 15.0 Å². The summed E-state index contributed by atoms with van der Waals surface area (Å²) in [4.78, 5) is 173. The van der Waals surface area contributed by atoms with Crippen LogP contribution >= 0.6 is 61.7 Å². The number of aliphatic hydroxyl groups is 3. The van der Waals surface area contributed by atoms with Gasteiger partial charge in [0.25, 0.3) is 33.4 Å². The van der Waals surface area contributed by atoms with Gasteiger partial charge in [0, 0.05) is 51.0 Å². The second-order valence-electron chi connectivity index (χ2n) is 23.5. The summed E-state index contributed by atoms with van der Waals surface area (Å²) >= 11 is 17.2. The van der Waals surface area contributed by atoms with Gasteiger partial charge in [0.05, 0.1) is 37.5 Å². The molecule has 0 aromatic carbocycles. The summed E-state index contributed by atoms with van der Waals surface area (Å²) in [6.45, 7) is 26.7. The summed E-state index contributed by atoms with van der Waals surface area (Å²) in [5, 5.41) is 39.1. The van der Waals surface area contributed by atoms with Crippen molar-refractivity contribution in [3.05, 3.63) is 214 Å². The molecule has 42 nitrogen and oxygen atoms in total. The number of fused-ring (bicyclic) bond motifs is 6. The molecule has 4 atom stereocenters. The third-order valence-corrected chi connectivity index (χ3v) is 17.3. The standard InChI is InChI=1S/C13H18N4O2.C11H14ClN3O2.C10H13N5O5.C8H7ClN4O2.C8H9N5O.C8H8N4O2.C5H11I.C3H5Br.CH4.HNO2.Na/c1-3-5-6-8-17-11-10(12(18)15-13(17)19)16(7-4-2)9-14-11;1-2-3-4-5-15-9-7(6-8(12)13-9)10(16)14-11(15)17;11-10-13-7-4(8(19)14-10)12-2-15(7)9-6(18)5(17)3(1-16)20-9;1-2-3-13-4-5(10-7(13)9)11-8(15)12-6(4)14;1-2-3-13-4-10-6-5(13)7(14)12-8(9)11-6;1-2-3-12-4-9-6-5(12)7(13)11-8(14)10-6;1-2-3-4-5-6;1-2-3-4;;2-1-3;/h4,9H,2-3,5-8H2,1H3,(H,15,18,19);2-6H2,1H3,(H,14,16,17);2-3,5-6,9,16-18H,1H2,(H3,11,13,14,19);2H,1,3H2,(H2,11,12,14,15);2,4H,1,3H2,(H3,9,11,12,14);2,4H,1,3H2,(H2,10,11,13,14);2-5H2,1H3;2H,1,3H2;1H4;(H,2,3);/q;;;;;;;;;;+1/p-1/t;;3-,5-,6-,9-;;;;;;;;/m..0......../s1. The Morgan fingerprint density at radius 2 is 1.09 bits per heavy atom. The zero-order valence-electron chi connectivity index (χ0n) is 61.9. The number of H-pyrrole nitrogens is 8. The Balaban J connectivity index is 0.000000343. The van der Waals surface area contributed by atoms with Crippen LogP contribution in [0.4, 0.5) is 17.7 Å². The van der Waals surface area contributed by atoms with Gasteiger partial charge in [-0.3, -0.25) is 82.3 Å². The van der Waals surface area contributed by atoms with Crippen LogP contribution in [0.5, 0.6) is 0 Å². The smallest absolute Gasteiger partial charge is 0.444 e. The van der Waals surface area contributed by atoms with Crippen LogP contribution in [0, 0.1) is 10.1 Å². The van der Waals surface area contributed by atoms with Crippen molar-refractivity contribution in [3.8, 4) is 0 Å². The first-order chi connectivity index (χ1) is 53.7. The van der Waals surface area contributed by atoms with Crippen molar-refractivity contribution < 1.29 is 49.6 Å². The zero-order valence-corrected chi connectivity index (χ0v) is 69.2. The Morgan fingerprint density at radius 3 is 1.64 bits per heavy atom. The number of ether oxygens (including phenoxy) is 1. The molecule has 612 valence electrons. The Bertz CT molecular complexity index is 5700. The van der Waals surface area contributed by atoms with E-state index in [4.69, 9.17) is 54.6 Å². The largest absolute Gasteiger partial charge is 1.00 e. The number of nitrogens with zero attached hydrogens (tertiary/aromatic N) is 16. The van der Waals surface area contributed by atoms with Crippen LogP contribution in [0.2, 0.25) is 5.28 Å². The number of hydrogen-bond acceptors (Lipinski definition) is 27. The van der Waals surface area contributed by atoms with Gasteiger partial charge in [-0.05, 0) is 35.3 Å². The molecule has 2 aliphatic heterocycles. The zero-order chi connectivity index (χ0) is 82.9. The first-order valence-corrected chi connectivity index (χ1v) is 37.6. The fourth-order valence-corrected chi connectivity index (χ4v) is 11.5. The maximum Gasteiger partial charge on any atom is 1.00 e. The molecular formula is C67H89BrCl2IN26NaO16. The molecule has 0 aliphatic carbocycles. The summed E-state index contributed by atoms with van der Waals surface area (Å²) < 4.78 is 17.4. The van der Waals surface area contributed by atoms with E-state index < -0.39 is 76.1 Å². The second-order valence-corrected chi connectivity index (χ2v) is 26.0. The maximum absolute atomic E-state index is 11.9. The molecule has 11 aromatic heterocycles. The monoisotopic (exact) mass is 1810 g/mol. The van der Waals surface area contributed by atoms with E-state index >= 15 is 0 Å². The topological polar surface area (TPSA) is 609 Å². The minimum absolute atomic E-state index is 0. The number of nitrogen functional groups attached to an aromatic ring is 2. The average Bonchev–Trinajstić information content (AvgIpc) is 1.63. The Hall–Kier alpha value is -10.2. The van der Waals surface area contributed by atoms with Crippen molar-refractivity contribution in [1.82, 2.24) is 107 Å². The molecule has 1 fully saturated rings. The van der Waals surface area contributed by atoms with Gasteiger partial charge in [-0.15, -0.1) is 38.2 Å². The van der Waals surface area contributed by atoms with Crippen LogP contribution in [0.25, 0.3) is 55.8 Å². The molecule has 11 aromatic rings. The number of imidazole rings is 5. The second kappa shape index (κ2) is 49.5. The predicted molar refractivity (Wildman–Crippen MR) is 446 cm³/mol. The van der Waals surface area contributed by atoms with E-state index in [9.17, 15) is 58.2 Å². The number of aliphatic imine (C=N–C) groups is 1. The van der Waals surface area contributed by atoms with E-state index in [0.717, 1.165) is 49.2 Å². The molecule has 0 saturated carbocycles. The minimum atomic E-state index is -1.29. The van der Waals surface area contributed by atoms with Gasteiger partial charge < -0.3 is 59.9 Å². The number of aliphatic hydroxyl groups excluding tert-OH is 3. The Morgan fingerprint density at radius 1 is 0.596 bits per heavy atom. The van der Waals surface area contributed by atoms with E-state index in [1.165, 1.54) is 60.9 Å². The number of nitrogens with two attached hydrogens (primary N) is 2. The van der Waals surface area contributed by atoms with E-state index in [1.54, 1.807) is 50.4 Å². The molecule has 0 unspecified atom stereocenters. The first-order valence-electron chi connectivity index (χ1n) is 34.2. The molecule has 0 radical (unpaired) electrons. The van der Waals surface area contributed by atoms with Crippen LogP contribution in [-0.4, -0.2) is 162 Å². The van der Waals surface area contributed by atoms with Gasteiger partial charge in [-0.25, -0.2) is 44.1 Å². The summed E-state index contributed by atoms with van der Waals surface area (Å²) in [5.41, 5.74) is 9.71. The van der Waals surface area contributed by atoms with Crippen LogP contribution in [0.15, 0.2) is 147 Å². The van der Waals surface area contributed by atoms with Crippen LogP contribution in [0.1, 0.15) is 97.8 Å². The predicted octanol–water partition coefficient (Wildman–Crippen LogP) is 1.94. The average molecular weight is 1820 g/mol. The quantitative estimate of drug-likeness (QED) is 0.00674. The third-order valence-electron chi connectivity index (χ3n) is 15.5. The van der Waals surface area contributed by atoms with Gasteiger partial charge in [0.2, 0.25) is 17.2 Å². The molecular weight excluding hydrogens is 1730 g/mol. The Labute approximate surface area is 699 Å². The van der Waals surface area contributed by atoms with E-state index in [0.29, 0.717) is 95.7 Å². The van der Waals surface area contributed by atoms with Crippen LogP contribution in [0.3, 0.4) is 0 Å². The van der Waals surface area contributed by atoms with Crippen molar-refractivity contribution in [2.75, 3.05) is 27.8 Å². The van der Waals surface area contributed by atoms with Gasteiger partial charge in [0.1, 0.15) is 29.3 Å². The summed E-state index contributed by atoms with van der Waals surface area (Å²) in [7, 11) is 0. The third kappa shape index (κ3) is 26.5. The number of nitrogens with one attached hydrogen (secondary N) is 8. The van der Waals surface area contributed by atoms with Crippen molar-refractivity contribution in [3.63, 3.8) is 0 Å². The van der Waals surface area contributed by atoms with E-state index in [1.807, 2.05) is 0 Å². The van der Waals surface area contributed by atoms with Gasteiger partial charge >= 0.3 is 52.3 Å². The minimum Gasteiger partial charge on any atom is -0.444 e. The first kappa shape index (κ1) is 98.0. The van der Waals surface area contributed by atoms with Crippen LogP contribution < -0.4 is 97.1 Å². The number of allylic oxidation sites excluding steroid dienone is 5. The fraction of sp³-hybridized carbons (Fsp3) is 0.403. The molecule has 15 N–H and O–H groups in total. The summed E-state index contributed by atoms with van der Waals surface area (Å²) in [5.74, 6) is 0.405. The van der Waals surface area contributed by atoms with Crippen molar-refractivity contribution in [2.24, 2.45) is 10.3 Å². The molecule has 2 aliphatic rings. The molecule has 47 heteroatoms. The number of aromatic nitrogens is 22. The van der Waals surface area contributed by atoms with Gasteiger partial charge in [0.15, 0.2) is 62.0 Å². The maximum atomic E-state index is 11.9. The molecule has 0 bridgehead atoms. The van der Waals surface area contributed by atoms with Crippen molar-refractivity contribution >= 4 is 140 Å². The molecule has 13 heterocycles. The number of aromatic amines is 8. The number of rotatable bonds is 22. The fourth-order valence-electron chi connectivity index (χ4n) is 10.5. The number of unbranched alkanes of at least 4 members (excludes halogenated alkanes) is 6. The number of alkyl halides is 2. The Kier molecular flexibility index (Phi) is 42.5. The molecule has 13 rings (SSSR count). The molecule has 114 heavy (non-hydrogen) atoms. The normalized spacial score (nSPS) is 14.0. The molecule has 0 spiro atoms. The number of halogens is 4.